The Balaban J connectivity index is 0.000000660. The summed E-state index contributed by atoms with van der Waals surface area (Å²) in [5.74, 6) is 0.916. The smallest absolute Gasteiger partial charge is 0.129 e. The highest BCUT2D eigenvalue weighted by Crippen LogP contribution is 2.34. The third kappa shape index (κ3) is 5.74. The summed E-state index contributed by atoms with van der Waals surface area (Å²) in [5.41, 5.74) is 3.54. The summed E-state index contributed by atoms with van der Waals surface area (Å²) in [6.07, 6.45) is 0.351. The van der Waals surface area contributed by atoms with Gasteiger partial charge in [0, 0.05) is 23.7 Å². The van der Waals surface area contributed by atoms with E-state index in [-0.39, 0.29) is 0 Å². The van der Waals surface area contributed by atoms with Crippen molar-refractivity contribution in [3.05, 3.63) is 71.8 Å². The quantitative estimate of drug-likeness (QED) is 0.490. The second-order valence-electron chi connectivity index (χ2n) is 6.20. The Bertz CT molecular complexity index is 842. The number of epoxide rings is 1. The maximum absolute atomic E-state index is 6.15. The lowest BCUT2D eigenvalue weighted by molar-refractivity contribution is 0.310. The first-order valence-electron chi connectivity index (χ1n) is 10.4. The Morgan fingerprint density at radius 3 is 2.18 bits per heavy atom. The molecular weight excluding hydrogens is 346 g/mol. The van der Waals surface area contributed by atoms with Gasteiger partial charge >= 0.3 is 0 Å². The lowest BCUT2D eigenvalue weighted by Gasteiger charge is -2.16. The Morgan fingerprint density at radius 1 is 0.929 bits per heavy atom. The summed E-state index contributed by atoms with van der Waals surface area (Å²) in [5, 5.41) is 5.88. The van der Waals surface area contributed by atoms with Gasteiger partial charge in [-0.25, -0.2) is 0 Å². The molecule has 150 valence electrons. The van der Waals surface area contributed by atoms with Crippen molar-refractivity contribution in [2.24, 2.45) is 0 Å². The number of aryl methyl sites for hydroxylation is 1. The van der Waals surface area contributed by atoms with E-state index in [1.807, 2.05) is 45.9 Å². The molecule has 1 aliphatic rings. The summed E-state index contributed by atoms with van der Waals surface area (Å²) < 4.78 is 11.5. The van der Waals surface area contributed by atoms with Gasteiger partial charge in [-0.3, -0.25) is 0 Å². The van der Waals surface area contributed by atoms with Crippen molar-refractivity contribution in [1.82, 2.24) is 0 Å². The van der Waals surface area contributed by atoms with Crippen LogP contribution in [-0.2, 0) is 11.3 Å². The molecule has 28 heavy (non-hydrogen) atoms. The predicted octanol–water partition coefficient (Wildman–Crippen LogP) is 6.59. The number of hydrogen-bond donors (Lipinski definition) is 1. The molecule has 1 N–H and O–H groups in total. The van der Waals surface area contributed by atoms with Crippen molar-refractivity contribution >= 4 is 16.5 Å². The Hall–Kier alpha value is -2.52. The van der Waals surface area contributed by atoms with Crippen LogP contribution >= 0.6 is 0 Å². The zero-order valence-corrected chi connectivity index (χ0v) is 17.8. The van der Waals surface area contributed by atoms with Crippen LogP contribution in [0, 0.1) is 6.92 Å². The minimum Gasteiger partial charge on any atom is -0.488 e. The van der Waals surface area contributed by atoms with Gasteiger partial charge in [-0.1, -0.05) is 82.3 Å². The molecule has 1 atom stereocenters. The Labute approximate surface area is 169 Å². The molecule has 1 saturated heterocycles. The molecule has 0 aliphatic carbocycles. The summed E-state index contributed by atoms with van der Waals surface area (Å²) >= 11 is 0. The number of hydrogen-bond acceptors (Lipinski definition) is 3. The van der Waals surface area contributed by atoms with Crippen LogP contribution in [-0.4, -0.2) is 19.3 Å². The number of ether oxygens (including phenoxy) is 2. The van der Waals surface area contributed by atoms with Crippen molar-refractivity contribution in [2.75, 3.05) is 18.5 Å². The van der Waals surface area contributed by atoms with Gasteiger partial charge in [0.1, 0.15) is 12.4 Å². The number of anilines is 1. The normalized spacial score (nSPS) is 14.2. The number of nitrogens with one attached hydrogen (secondary N) is 1. The van der Waals surface area contributed by atoms with Crippen LogP contribution in [0.2, 0.25) is 0 Å². The van der Waals surface area contributed by atoms with E-state index < -0.39 is 0 Å². The van der Waals surface area contributed by atoms with Crippen molar-refractivity contribution in [3.63, 3.8) is 0 Å². The van der Waals surface area contributed by atoms with Crippen molar-refractivity contribution in [3.8, 4) is 5.75 Å². The minimum absolute atomic E-state index is 0.351. The molecule has 3 nitrogen and oxygen atoms in total. The molecule has 4 rings (SSSR count). The van der Waals surface area contributed by atoms with Gasteiger partial charge in [-0.15, -0.1) is 0 Å². The molecule has 1 heterocycles. The first-order chi connectivity index (χ1) is 13.8. The average Bonchev–Trinajstić information content (AvgIpc) is 3.61. The van der Waals surface area contributed by atoms with Gasteiger partial charge in [-0.2, -0.15) is 0 Å². The van der Waals surface area contributed by atoms with E-state index in [9.17, 15) is 0 Å². The van der Waals surface area contributed by atoms with E-state index in [0.29, 0.717) is 12.7 Å². The summed E-state index contributed by atoms with van der Waals surface area (Å²) in [6.45, 7) is 12.4. The van der Waals surface area contributed by atoms with E-state index in [1.54, 1.807) is 0 Å². The first kappa shape index (κ1) is 21.8. The Morgan fingerprint density at radius 2 is 1.54 bits per heavy atom. The van der Waals surface area contributed by atoms with Crippen LogP contribution in [0.1, 0.15) is 38.8 Å². The van der Waals surface area contributed by atoms with E-state index in [4.69, 9.17) is 9.47 Å². The molecule has 3 aromatic carbocycles. The largest absolute Gasteiger partial charge is 0.488 e. The predicted molar refractivity (Wildman–Crippen MR) is 120 cm³/mol. The van der Waals surface area contributed by atoms with Gasteiger partial charge in [0.05, 0.1) is 12.7 Å². The molecule has 0 saturated carbocycles. The molecule has 0 aromatic heterocycles. The minimum atomic E-state index is 0.351. The fraction of sp³-hybridized carbons (Fsp3) is 0.360. The van der Waals surface area contributed by atoms with Gasteiger partial charge in [0.25, 0.3) is 0 Å². The third-order valence-corrected chi connectivity index (χ3v) is 4.44. The van der Waals surface area contributed by atoms with Crippen LogP contribution in [0.15, 0.2) is 60.7 Å². The molecular formula is C25H33NO2. The van der Waals surface area contributed by atoms with Crippen molar-refractivity contribution in [2.45, 2.75) is 47.3 Å². The zero-order chi connectivity index (χ0) is 20.4. The molecule has 0 amide bonds. The standard InChI is InChI=1S/C21H21NO2.2C2H6/c1-15-18-9-5-6-10-19(18)21(11-20(15)22-12-17-14-23-17)24-13-16-7-3-2-4-8-16;2*1-2/h2-11,17,22H,12-14H2,1H3;2*1-2H3. The lowest BCUT2D eigenvalue weighted by atomic mass is 10.0. The van der Waals surface area contributed by atoms with Gasteiger partial charge < -0.3 is 14.8 Å². The Kier molecular flexibility index (Phi) is 8.83. The van der Waals surface area contributed by atoms with E-state index in [1.165, 1.54) is 16.5 Å². The van der Waals surface area contributed by atoms with Gasteiger partial charge in [0.15, 0.2) is 0 Å². The highest BCUT2D eigenvalue weighted by Gasteiger charge is 2.22. The highest BCUT2D eigenvalue weighted by atomic mass is 16.6. The molecule has 3 heteroatoms. The lowest BCUT2D eigenvalue weighted by Crippen LogP contribution is -2.09. The molecule has 3 aromatic rings. The molecule has 0 radical (unpaired) electrons. The summed E-state index contributed by atoms with van der Waals surface area (Å²) in [7, 11) is 0. The van der Waals surface area contributed by atoms with E-state index in [0.717, 1.165) is 30.0 Å². The molecule has 1 fully saturated rings. The van der Waals surface area contributed by atoms with Crippen molar-refractivity contribution in [1.29, 1.82) is 0 Å². The number of fused-ring (bicyclic) bond motifs is 1. The molecule has 1 unspecified atom stereocenters. The number of rotatable bonds is 6. The van der Waals surface area contributed by atoms with Crippen LogP contribution in [0.25, 0.3) is 10.8 Å². The summed E-state index contributed by atoms with van der Waals surface area (Å²) in [6, 6.07) is 20.8. The fourth-order valence-corrected chi connectivity index (χ4v) is 2.94. The second-order valence-corrected chi connectivity index (χ2v) is 6.20. The van der Waals surface area contributed by atoms with E-state index in [2.05, 4.69) is 54.7 Å². The molecule has 0 spiro atoms. The SMILES string of the molecule is CC.CC.Cc1c(NCC2CO2)cc(OCc2ccccc2)c2ccccc12. The van der Waals surface area contributed by atoms with E-state index >= 15 is 0 Å². The summed E-state index contributed by atoms with van der Waals surface area (Å²) in [4.78, 5) is 0. The molecule has 0 bridgehead atoms. The third-order valence-electron chi connectivity index (χ3n) is 4.44. The van der Waals surface area contributed by atoms with Crippen LogP contribution in [0.5, 0.6) is 5.75 Å². The second kappa shape index (κ2) is 11.4. The van der Waals surface area contributed by atoms with Crippen LogP contribution < -0.4 is 10.1 Å². The fourth-order valence-electron chi connectivity index (χ4n) is 2.94. The maximum Gasteiger partial charge on any atom is 0.129 e. The molecule has 1 aliphatic heterocycles. The number of benzene rings is 3. The highest BCUT2D eigenvalue weighted by molar-refractivity contribution is 5.95. The van der Waals surface area contributed by atoms with Crippen LogP contribution in [0.3, 0.4) is 0 Å². The van der Waals surface area contributed by atoms with Gasteiger partial charge in [0.2, 0.25) is 0 Å². The zero-order valence-electron chi connectivity index (χ0n) is 17.8. The monoisotopic (exact) mass is 379 g/mol. The van der Waals surface area contributed by atoms with Crippen molar-refractivity contribution < 1.29 is 9.47 Å². The van der Waals surface area contributed by atoms with Crippen LogP contribution in [0.4, 0.5) is 5.69 Å². The average molecular weight is 380 g/mol. The first-order valence-corrected chi connectivity index (χ1v) is 10.4. The topological polar surface area (TPSA) is 33.8 Å². The maximum atomic E-state index is 6.15. The van der Waals surface area contributed by atoms with Gasteiger partial charge in [-0.05, 0) is 23.4 Å².